The van der Waals surface area contributed by atoms with E-state index in [1.54, 1.807) is 0 Å². The van der Waals surface area contributed by atoms with Crippen LogP contribution in [0.1, 0.15) is 42.6 Å². The van der Waals surface area contributed by atoms with Crippen LogP contribution in [0.3, 0.4) is 0 Å². The molecule has 19 heavy (non-hydrogen) atoms. The van der Waals surface area contributed by atoms with Gasteiger partial charge in [0.15, 0.2) is 0 Å². The van der Waals surface area contributed by atoms with E-state index in [1.165, 1.54) is 5.56 Å². The van der Waals surface area contributed by atoms with Gasteiger partial charge in [0.25, 0.3) is 5.91 Å². The molecule has 0 aliphatic heterocycles. The number of benzene rings is 1. The van der Waals surface area contributed by atoms with Crippen LogP contribution in [0.25, 0.3) is 0 Å². The minimum Gasteiger partial charge on any atom is -0.387 e. The third-order valence-corrected chi connectivity index (χ3v) is 3.49. The van der Waals surface area contributed by atoms with Crippen molar-refractivity contribution in [2.45, 2.75) is 39.7 Å². The number of hydrogen-bond acceptors (Lipinski definition) is 2. The molecule has 1 aliphatic carbocycles. The number of nitrogens with zero attached hydrogens (tertiary/aromatic N) is 1. The van der Waals surface area contributed by atoms with Crippen LogP contribution in [0.5, 0.6) is 0 Å². The zero-order valence-corrected chi connectivity index (χ0v) is 12.4. The highest BCUT2D eigenvalue weighted by Gasteiger charge is 2.33. The minimum absolute atomic E-state index is 0.167. The fraction of sp³-hybridized carbons (Fsp3) is 0.562. The number of anilines is 1. The van der Waals surface area contributed by atoms with Gasteiger partial charge in [0.05, 0.1) is 5.56 Å². The second-order valence-corrected chi connectivity index (χ2v) is 5.88. The molecule has 1 aromatic carbocycles. The quantitative estimate of drug-likeness (QED) is 0.881. The second kappa shape index (κ2) is 5.64. The maximum absolute atomic E-state index is 12.7. The van der Waals surface area contributed by atoms with Crippen LogP contribution < -0.4 is 5.32 Å². The summed E-state index contributed by atoms with van der Waals surface area (Å²) in [6, 6.07) is 6.45. The molecule has 0 saturated heterocycles. The Bertz CT molecular complexity index is 464. The van der Waals surface area contributed by atoms with E-state index < -0.39 is 0 Å². The van der Waals surface area contributed by atoms with Gasteiger partial charge in [0.1, 0.15) is 0 Å². The molecule has 0 aromatic heterocycles. The third-order valence-electron chi connectivity index (χ3n) is 3.49. The fourth-order valence-corrected chi connectivity index (χ4v) is 2.38. The lowest BCUT2D eigenvalue weighted by Gasteiger charge is -2.25. The third kappa shape index (κ3) is 3.28. The van der Waals surface area contributed by atoms with Crippen molar-refractivity contribution in [2.75, 3.05) is 18.9 Å². The minimum atomic E-state index is 0.167. The van der Waals surface area contributed by atoms with E-state index >= 15 is 0 Å². The molecule has 0 atom stereocenters. The first-order chi connectivity index (χ1) is 9.02. The molecule has 1 amide bonds. The highest BCUT2D eigenvalue weighted by atomic mass is 16.2. The molecular formula is C16H24N2O. The Balaban J connectivity index is 2.25. The van der Waals surface area contributed by atoms with Gasteiger partial charge in [-0.2, -0.15) is 0 Å². The number of hydrogen-bond donors (Lipinski definition) is 1. The summed E-state index contributed by atoms with van der Waals surface area (Å²) in [5.41, 5.74) is 2.89. The van der Waals surface area contributed by atoms with E-state index in [0.29, 0.717) is 12.0 Å². The van der Waals surface area contributed by atoms with Crippen LogP contribution in [-0.2, 0) is 0 Å². The molecule has 1 aromatic rings. The summed E-state index contributed by atoms with van der Waals surface area (Å²) in [5, 5.41) is 3.14. The van der Waals surface area contributed by atoms with Crippen LogP contribution in [0.2, 0.25) is 0 Å². The van der Waals surface area contributed by atoms with Gasteiger partial charge in [-0.05, 0) is 43.4 Å². The van der Waals surface area contributed by atoms with Crippen molar-refractivity contribution in [3.63, 3.8) is 0 Å². The average molecular weight is 260 g/mol. The molecule has 0 spiro atoms. The molecule has 2 rings (SSSR count). The van der Waals surface area contributed by atoms with Crippen LogP contribution in [-0.4, -0.2) is 30.4 Å². The Morgan fingerprint density at radius 1 is 1.42 bits per heavy atom. The normalized spacial score (nSPS) is 14.6. The van der Waals surface area contributed by atoms with Gasteiger partial charge in [-0.3, -0.25) is 4.79 Å². The zero-order valence-electron chi connectivity index (χ0n) is 12.4. The van der Waals surface area contributed by atoms with Gasteiger partial charge >= 0.3 is 0 Å². The Labute approximate surface area is 116 Å². The summed E-state index contributed by atoms with van der Waals surface area (Å²) in [7, 11) is 1.87. The van der Waals surface area contributed by atoms with Gasteiger partial charge < -0.3 is 10.2 Å². The summed E-state index contributed by atoms with van der Waals surface area (Å²) in [6.07, 6.45) is 2.30. The molecule has 1 saturated carbocycles. The molecule has 0 radical (unpaired) electrons. The first kappa shape index (κ1) is 13.9. The van der Waals surface area contributed by atoms with Gasteiger partial charge in [-0.15, -0.1) is 0 Å². The molecule has 0 bridgehead atoms. The Hall–Kier alpha value is -1.51. The molecule has 1 N–H and O–H groups in total. The zero-order chi connectivity index (χ0) is 14.0. The number of carbonyl (C=O) groups excluding carboxylic acids is 1. The molecule has 3 heteroatoms. The van der Waals surface area contributed by atoms with Crippen LogP contribution in [0, 0.1) is 12.8 Å². The van der Waals surface area contributed by atoms with Crippen molar-refractivity contribution in [1.82, 2.24) is 4.90 Å². The predicted octanol–water partition coefficient (Wildman–Crippen LogP) is 3.30. The van der Waals surface area contributed by atoms with E-state index in [9.17, 15) is 4.79 Å². The van der Waals surface area contributed by atoms with Crippen LogP contribution in [0.15, 0.2) is 18.2 Å². The Morgan fingerprint density at radius 2 is 2.11 bits per heavy atom. The van der Waals surface area contributed by atoms with Gasteiger partial charge in [-0.25, -0.2) is 0 Å². The topological polar surface area (TPSA) is 32.3 Å². The Morgan fingerprint density at radius 3 is 2.63 bits per heavy atom. The van der Waals surface area contributed by atoms with Crippen molar-refractivity contribution >= 4 is 11.6 Å². The second-order valence-electron chi connectivity index (χ2n) is 5.88. The number of rotatable bonds is 5. The summed E-state index contributed by atoms with van der Waals surface area (Å²) >= 11 is 0. The molecule has 0 heterocycles. The monoisotopic (exact) mass is 260 g/mol. The molecular weight excluding hydrogens is 236 g/mol. The number of aryl methyl sites for hydroxylation is 1. The predicted molar refractivity (Wildman–Crippen MR) is 79.6 cm³/mol. The number of nitrogens with one attached hydrogen (secondary N) is 1. The van der Waals surface area contributed by atoms with Gasteiger partial charge in [0, 0.05) is 25.3 Å². The lowest BCUT2D eigenvalue weighted by atomic mass is 10.1. The van der Waals surface area contributed by atoms with E-state index in [-0.39, 0.29) is 5.91 Å². The summed E-state index contributed by atoms with van der Waals surface area (Å²) in [5.74, 6) is 0.675. The summed E-state index contributed by atoms with van der Waals surface area (Å²) in [4.78, 5) is 14.8. The van der Waals surface area contributed by atoms with Crippen LogP contribution in [0.4, 0.5) is 5.69 Å². The number of amides is 1. The van der Waals surface area contributed by atoms with Gasteiger partial charge in [0.2, 0.25) is 0 Å². The van der Waals surface area contributed by atoms with E-state index in [0.717, 1.165) is 30.6 Å². The largest absolute Gasteiger partial charge is 0.387 e. The lowest BCUT2D eigenvalue weighted by molar-refractivity contribution is 0.0723. The molecule has 0 unspecified atom stereocenters. The van der Waals surface area contributed by atoms with Crippen molar-refractivity contribution in [3.05, 3.63) is 29.3 Å². The maximum Gasteiger partial charge on any atom is 0.256 e. The molecule has 1 fully saturated rings. The number of carbonyl (C=O) groups is 1. The van der Waals surface area contributed by atoms with Gasteiger partial charge in [-0.1, -0.05) is 19.9 Å². The van der Waals surface area contributed by atoms with Crippen molar-refractivity contribution in [1.29, 1.82) is 0 Å². The van der Waals surface area contributed by atoms with E-state index in [2.05, 4.69) is 24.1 Å². The van der Waals surface area contributed by atoms with Crippen molar-refractivity contribution in [2.24, 2.45) is 5.92 Å². The van der Waals surface area contributed by atoms with Crippen molar-refractivity contribution < 1.29 is 4.79 Å². The smallest absolute Gasteiger partial charge is 0.256 e. The van der Waals surface area contributed by atoms with E-state index in [1.807, 2.05) is 32.2 Å². The molecule has 104 valence electrons. The van der Waals surface area contributed by atoms with Crippen molar-refractivity contribution in [3.8, 4) is 0 Å². The van der Waals surface area contributed by atoms with Crippen LogP contribution >= 0.6 is 0 Å². The highest BCUT2D eigenvalue weighted by molar-refractivity contribution is 6.00. The highest BCUT2D eigenvalue weighted by Crippen LogP contribution is 2.30. The standard InChI is InChI=1S/C16H24N2O/c1-11(2)10-18(13-6-7-13)16(19)14-8-5-12(3)9-15(14)17-4/h5,8-9,11,13,17H,6-7,10H2,1-4H3. The lowest BCUT2D eigenvalue weighted by Crippen LogP contribution is -2.36. The first-order valence-electron chi connectivity index (χ1n) is 7.12. The first-order valence-corrected chi connectivity index (χ1v) is 7.12. The molecule has 1 aliphatic rings. The average Bonchev–Trinajstić information content (AvgIpc) is 3.19. The SMILES string of the molecule is CNc1cc(C)ccc1C(=O)N(CC(C)C)C1CC1. The van der Waals surface area contributed by atoms with E-state index in [4.69, 9.17) is 0 Å². The summed E-state index contributed by atoms with van der Waals surface area (Å²) < 4.78 is 0. The molecule has 3 nitrogen and oxygen atoms in total. The fourth-order valence-electron chi connectivity index (χ4n) is 2.38. The maximum atomic E-state index is 12.7. The Kier molecular flexibility index (Phi) is 4.13. The summed E-state index contributed by atoms with van der Waals surface area (Å²) in [6.45, 7) is 7.22.